The Kier molecular flexibility index (Phi) is 14.1. The Bertz CT molecular complexity index is 2670. The van der Waals surface area contributed by atoms with Gasteiger partial charge in [0, 0.05) is 49.0 Å². The zero-order valence-electron chi connectivity index (χ0n) is 29.2. The fourth-order valence-corrected chi connectivity index (χ4v) is 7.84. The summed E-state index contributed by atoms with van der Waals surface area (Å²) in [5.74, 6) is -6.04. The maximum Gasteiger partial charge on any atom is 0.328 e. The van der Waals surface area contributed by atoms with Crippen LogP contribution in [0.2, 0.25) is 0 Å². The number of rotatable bonds is 11. The summed E-state index contributed by atoms with van der Waals surface area (Å²) in [5, 5.41) is 18.5. The van der Waals surface area contributed by atoms with Gasteiger partial charge in [-0.1, -0.05) is 24.3 Å². The van der Waals surface area contributed by atoms with Crippen molar-refractivity contribution in [1.29, 1.82) is 0 Å². The molecule has 4 heterocycles. The van der Waals surface area contributed by atoms with Crippen LogP contribution in [0.25, 0.3) is 22.5 Å². The summed E-state index contributed by atoms with van der Waals surface area (Å²) in [6.07, 6.45) is 6.37. The predicted octanol–water partition coefficient (Wildman–Crippen LogP) is 5.37. The van der Waals surface area contributed by atoms with Crippen LogP contribution < -0.4 is 5.32 Å². The third-order valence-corrected chi connectivity index (χ3v) is 10.8. The Balaban J connectivity index is 0.000000213. The van der Waals surface area contributed by atoms with E-state index >= 15 is 0 Å². The van der Waals surface area contributed by atoms with Crippen LogP contribution in [-0.4, -0.2) is 70.2 Å². The van der Waals surface area contributed by atoms with E-state index < -0.39 is 65.3 Å². The fourth-order valence-electron chi connectivity index (χ4n) is 4.93. The molecule has 6 rings (SSSR count). The van der Waals surface area contributed by atoms with Crippen LogP contribution in [0.3, 0.4) is 0 Å². The van der Waals surface area contributed by atoms with E-state index in [9.17, 15) is 48.8 Å². The van der Waals surface area contributed by atoms with Gasteiger partial charge in [0.25, 0.3) is 20.0 Å². The highest BCUT2D eigenvalue weighted by molar-refractivity contribution is 7.90. The molecule has 0 unspecified atom stereocenters. The summed E-state index contributed by atoms with van der Waals surface area (Å²) in [6, 6.07) is 18.3. The van der Waals surface area contributed by atoms with E-state index in [1.807, 2.05) is 0 Å². The van der Waals surface area contributed by atoms with Gasteiger partial charge < -0.3 is 15.5 Å². The maximum atomic E-state index is 14.1. The molecule has 0 saturated heterocycles. The van der Waals surface area contributed by atoms with Gasteiger partial charge in [-0.25, -0.2) is 53.1 Å². The number of carboxylic acids is 2. The molecule has 0 atom stereocenters. The number of nitrogens with zero attached hydrogens (tertiary/aromatic N) is 4. The molecule has 20 heteroatoms. The molecule has 3 N–H and O–H groups in total. The van der Waals surface area contributed by atoms with E-state index in [2.05, 4.69) is 15.3 Å². The van der Waals surface area contributed by atoms with Gasteiger partial charge in [-0.2, -0.15) is 8.78 Å². The molecule has 4 aromatic heterocycles. The molecule has 14 nitrogen and oxygen atoms in total. The number of pyridine rings is 2. The van der Waals surface area contributed by atoms with Gasteiger partial charge in [-0.05, 0) is 73.3 Å². The predicted molar refractivity (Wildman–Crippen MR) is 196 cm³/mol. The highest BCUT2D eigenvalue weighted by Gasteiger charge is 2.27. The molecule has 0 amide bonds. The largest absolute Gasteiger partial charge is 0.478 e. The lowest BCUT2D eigenvalue weighted by Crippen LogP contribution is -2.15. The lowest BCUT2D eigenvalue weighted by molar-refractivity contribution is -0.134. The van der Waals surface area contributed by atoms with Gasteiger partial charge in [0.15, 0.2) is 6.29 Å². The zero-order valence-corrected chi connectivity index (χ0v) is 30.8. The number of carbonyl (C=O) groups excluding carboxylic acids is 1. The average Bonchev–Trinajstić information content (AvgIpc) is 3.81. The minimum absolute atomic E-state index is 0.00756. The molecule has 0 bridgehead atoms. The first kappa shape index (κ1) is 43.0. The standard InChI is InChI=1S/C17H15F2N3O2S.C16H10F2N2O3S.C4H4O4/c1-20-10-12-9-15(13-5-4-8-21-17(13)19)22(11-12)25(23,24)16-7-3-2-6-14(16)18;17-13-5-1-2-6-15(13)24(22,23)20-9-11(10-21)8-14(20)12-4-3-7-19-16(12)18;5-3(6)1-2-4(7)8/h2-9,11,20H,10H2,1H3;1-10H;1-2H,(H,5,6)(H,7,8)/b;;2-1+. The second-order valence-electron chi connectivity index (χ2n) is 11.2. The number of benzene rings is 2. The van der Waals surface area contributed by atoms with Crippen molar-refractivity contribution in [3.05, 3.63) is 157 Å². The number of carboxylic acid groups (broad SMARTS) is 2. The van der Waals surface area contributed by atoms with Crippen molar-refractivity contribution in [2.24, 2.45) is 0 Å². The summed E-state index contributed by atoms with van der Waals surface area (Å²) in [4.78, 5) is 36.1. The van der Waals surface area contributed by atoms with Crippen LogP contribution in [-0.2, 0) is 36.2 Å². The minimum Gasteiger partial charge on any atom is -0.478 e. The Morgan fingerprint density at radius 3 is 1.53 bits per heavy atom. The topological polar surface area (TPSA) is 208 Å². The van der Waals surface area contributed by atoms with E-state index in [1.165, 1.54) is 85.3 Å². The molecule has 0 aliphatic carbocycles. The number of aromatic nitrogens is 4. The monoisotopic (exact) mass is 827 g/mol. The maximum absolute atomic E-state index is 14.1. The summed E-state index contributed by atoms with van der Waals surface area (Å²) in [6.45, 7) is 0.370. The van der Waals surface area contributed by atoms with E-state index in [1.54, 1.807) is 7.05 Å². The highest BCUT2D eigenvalue weighted by atomic mass is 32.2. The molecular weight excluding hydrogens is 799 g/mol. The van der Waals surface area contributed by atoms with Crippen LogP contribution in [0, 0.1) is 23.5 Å². The minimum atomic E-state index is -4.37. The zero-order chi connectivity index (χ0) is 41.9. The normalized spacial score (nSPS) is 11.2. The molecule has 0 aliphatic heterocycles. The fraction of sp³-hybridized carbons (Fsp3) is 0.0541. The molecule has 2 aromatic carbocycles. The Morgan fingerprint density at radius 2 is 1.12 bits per heavy atom. The van der Waals surface area contributed by atoms with Crippen LogP contribution in [0.5, 0.6) is 0 Å². The van der Waals surface area contributed by atoms with Crippen LogP contribution in [0.4, 0.5) is 17.6 Å². The van der Waals surface area contributed by atoms with Crippen LogP contribution in [0.15, 0.2) is 132 Å². The van der Waals surface area contributed by atoms with Crippen LogP contribution >= 0.6 is 0 Å². The van der Waals surface area contributed by atoms with Gasteiger partial charge in [0.2, 0.25) is 11.9 Å². The van der Waals surface area contributed by atoms with Crippen molar-refractivity contribution in [3.8, 4) is 22.5 Å². The molecule has 57 heavy (non-hydrogen) atoms. The second kappa shape index (κ2) is 18.7. The lowest BCUT2D eigenvalue weighted by atomic mass is 10.2. The Labute approximate surface area is 322 Å². The molecule has 0 saturated carbocycles. The quantitative estimate of drug-likeness (QED) is 0.0652. The van der Waals surface area contributed by atoms with E-state index in [0.29, 0.717) is 34.5 Å². The van der Waals surface area contributed by atoms with Crippen molar-refractivity contribution in [1.82, 2.24) is 23.2 Å². The number of aliphatic carboxylic acids is 2. The SMILES string of the molecule is CNCc1cc(-c2cccnc2F)n(S(=O)(=O)c2ccccc2F)c1.O=C(O)/C=C/C(=O)O.O=Cc1cc(-c2cccnc2F)n(S(=O)(=O)c2ccccc2F)c1. The molecule has 0 aliphatic rings. The summed E-state index contributed by atoms with van der Waals surface area (Å²) >= 11 is 0. The van der Waals surface area contributed by atoms with E-state index in [4.69, 9.17) is 10.2 Å². The van der Waals surface area contributed by atoms with Crippen LogP contribution in [0.1, 0.15) is 15.9 Å². The number of aldehydes is 1. The summed E-state index contributed by atoms with van der Waals surface area (Å²) < 4.78 is 109. The van der Waals surface area contributed by atoms with Crippen molar-refractivity contribution in [2.45, 2.75) is 16.3 Å². The summed E-state index contributed by atoms with van der Waals surface area (Å²) in [7, 11) is -6.91. The number of nitrogens with one attached hydrogen (secondary N) is 1. The van der Waals surface area contributed by atoms with E-state index in [0.717, 1.165) is 28.4 Å². The first-order valence-corrected chi connectivity index (χ1v) is 18.8. The van der Waals surface area contributed by atoms with Crippen molar-refractivity contribution in [2.75, 3.05) is 7.05 Å². The second-order valence-corrected chi connectivity index (χ2v) is 14.8. The average molecular weight is 828 g/mol. The Morgan fingerprint density at radius 1 is 0.684 bits per heavy atom. The number of hydrogen-bond acceptors (Lipinski definition) is 10. The Hall–Kier alpha value is -6.77. The third-order valence-electron chi connectivity index (χ3n) is 7.35. The number of hydrogen-bond donors (Lipinski definition) is 3. The van der Waals surface area contributed by atoms with E-state index in [-0.39, 0.29) is 28.1 Å². The molecular formula is C37H29F4N5O9S2. The van der Waals surface area contributed by atoms with Gasteiger partial charge in [-0.15, -0.1) is 0 Å². The summed E-state index contributed by atoms with van der Waals surface area (Å²) in [5.41, 5.74) is 0.481. The van der Waals surface area contributed by atoms with Gasteiger partial charge in [-0.3, -0.25) is 4.79 Å². The molecule has 296 valence electrons. The number of carbonyl (C=O) groups is 3. The molecule has 6 aromatic rings. The lowest BCUT2D eigenvalue weighted by Gasteiger charge is -2.11. The number of halogens is 4. The molecule has 0 spiro atoms. The van der Waals surface area contributed by atoms with Crippen molar-refractivity contribution >= 4 is 38.3 Å². The van der Waals surface area contributed by atoms with Gasteiger partial charge in [0.05, 0.1) is 22.5 Å². The third kappa shape index (κ3) is 10.3. The van der Waals surface area contributed by atoms with Crippen molar-refractivity contribution in [3.63, 3.8) is 0 Å². The first-order chi connectivity index (χ1) is 27.0. The van der Waals surface area contributed by atoms with Gasteiger partial charge in [0.1, 0.15) is 21.4 Å². The smallest absolute Gasteiger partial charge is 0.328 e. The van der Waals surface area contributed by atoms with Gasteiger partial charge >= 0.3 is 11.9 Å². The van der Waals surface area contributed by atoms with Crippen molar-refractivity contribution < 1.29 is 59.0 Å². The first-order valence-electron chi connectivity index (χ1n) is 15.9. The molecule has 0 radical (unpaired) electrons. The highest BCUT2D eigenvalue weighted by Crippen LogP contribution is 2.30. The molecule has 0 fully saturated rings.